The molecule has 2 N–H and O–H groups in total. The zero-order chi connectivity index (χ0) is 18.0. The highest BCUT2D eigenvalue weighted by Crippen LogP contribution is 2.25. The van der Waals surface area contributed by atoms with Crippen LogP contribution in [0.2, 0.25) is 0 Å². The lowest BCUT2D eigenvalue weighted by molar-refractivity contribution is -0.119. The zero-order valence-corrected chi connectivity index (χ0v) is 15.5. The maximum atomic E-state index is 12.9. The molecule has 2 aliphatic rings. The number of amides is 2. The number of rotatable bonds is 3. The molecule has 5 heteroatoms. The average molecular weight is 343 g/mol. The van der Waals surface area contributed by atoms with Crippen LogP contribution in [-0.4, -0.2) is 42.9 Å². The van der Waals surface area contributed by atoms with E-state index in [2.05, 4.69) is 24.5 Å². The Bertz CT molecular complexity index is 642. The Hall–Kier alpha value is -1.88. The lowest BCUT2D eigenvalue weighted by Crippen LogP contribution is -2.42. The molecule has 2 saturated heterocycles. The minimum Gasteiger partial charge on any atom is -0.338 e. The van der Waals surface area contributed by atoms with Crippen molar-refractivity contribution in [3.8, 4) is 0 Å². The Kier molecular flexibility index (Phi) is 5.42. The number of likely N-dealkylation sites (tertiary alicyclic amines) is 1. The van der Waals surface area contributed by atoms with Gasteiger partial charge in [-0.3, -0.25) is 9.59 Å². The Morgan fingerprint density at radius 3 is 2.56 bits per heavy atom. The van der Waals surface area contributed by atoms with E-state index in [9.17, 15) is 9.59 Å². The van der Waals surface area contributed by atoms with Crippen LogP contribution >= 0.6 is 0 Å². The Balaban J connectivity index is 1.74. The highest BCUT2D eigenvalue weighted by Gasteiger charge is 2.27. The molecule has 2 aliphatic heterocycles. The van der Waals surface area contributed by atoms with Crippen LogP contribution in [0.5, 0.6) is 0 Å². The first kappa shape index (κ1) is 17.9. The van der Waals surface area contributed by atoms with E-state index in [1.54, 1.807) is 0 Å². The van der Waals surface area contributed by atoms with Gasteiger partial charge in [0.1, 0.15) is 0 Å². The molecule has 0 bridgehead atoms. The normalized spacial score (nSPS) is 26.5. The van der Waals surface area contributed by atoms with E-state index in [1.165, 1.54) is 6.42 Å². The summed E-state index contributed by atoms with van der Waals surface area (Å²) < 4.78 is 0. The van der Waals surface area contributed by atoms with Gasteiger partial charge in [0.2, 0.25) is 5.91 Å². The predicted molar refractivity (Wildman–Crippen MR) is 99.6 cm³/mol. The summed E-state index contributed by atoms with van der Waals surface area (Å²) in [5.74, 6) is 1.19. The smallest absolute Gasteiger partial charge is 0.253 e. The molecule has 0 saturated carbocycles. The predicted octanol–water partition coefficient (Wildman–Crippen LogP) is 2.66. The number of carbonyl (C=O) groups excluding carboxylic acids is 2. The van der Waals surface area contributed by atoms with Gasteiger partial charge in [-0.25, -0.2) is 0 Å². The van der Waals surface area contributed by atoms with E-state index in [-0.39, 0.29) is 17.7 Å². The van der Waals surface area contributed by atoms with Crippen LogP contribution in [0.25, 0.3) is 0 Å². The number of nitrogens with one attached hydrogen (secondary N) is 2. The molecule has 1 aromatic rings. The lowest BCUT2D eigenvalue weighted by Gasteiger charge is -2.35. The van der Waals surface area contributed by atoms with Crippen molar-refractivity contribution in [1.29, 1.82) is 0 Å². The van der Waals surface area contributed by atoms with Crippen molar-refractivity contribution >= 4 is 17.5 Å². The molecule has 2 heterocycles. The van der Waals surface area contributed by atoms with Gasteiger partial charge in [-0.2, -0.15) is 0 Å². The van der Waals surface area contributed by atoms with Gasteiger partial charge in [0.25, 0.3) is 5.91 Å². The average Bonchev–Trinajstić information content (AvgIpc) is 3.10. The quantitative estimate of drug-likeness (QED) is 0.887. The third kappa shape index (κ3) is 4.21. The molecule has 0 radical (unpaired) electrons. The Labute approximate surface area is 150 Å². The maximum Gasteiger partial charge on any atom is 0.253 e. The van der Waals surface area contributed by atoms with Crippen LogP contribution in [0.15, 0.2) is 18.2 Å². The Morgan fingerprint density at radius 1 is 1.20 bits per heavy atom. The van der Waals surface area contributed by atoms with Crippen LogP contribution < -0.4 is 10.6 Å². The summed E-state index contributed by atoms with van der Waals surface area (Å²) in [6, 6.07) is 5.63. The molecule has 136 valence electrons. The van der Waals surface area contributed by atoms with E-state index in [1.807, 2.05) is 30.0 Å². The second-order valence-electron chi connectivity index (χ2n) is 7.86. The fraction of sp³-hybridized carbons (Fsp3) is 0.600. The number of nitrogens with zero attached hydrogens (tertiary/aromatic N) is 1. The molecule has 0 aliphatic carbocycles. The summed E-state index contributed by atoms with van der Waals surface area (Å²) in [6.07, 6.45) is 2.04. The number of anilines is 1. The molecule has 3 rings (SSSR count). The molecular formula is C20H29N3O2. The minimum atomic E-state index is 0.0163. The van der Waals surface area contributed by atoms with Gasteiger partial charge in [0, 0.05) is 30.9 Å². The number of aryl methyl sites for hydroxylation is 1. The molecule has 3 atom stereocenters. The third-order valence-corrected chi connectivity index (χ3v) is 5.33. The zero-order valence-electron chi connectivity index (χ0n) is 15.5. The Morgan fingerprint density at radius 2 is 1.92 bits per heavy atom. The number of carbonyl (C=O) groups is 2. The van der Waals surface area contributed by atoms with Gasteiger partial charge in [-0.15, -0.1) is 0 Å². The first-order valence-corrected chi connectivity index (χ1v) is 9.35. The summed E-state index contributed by atoms with van der Waals surface area (Å²) in [4.78, 5) is 27.2. The molecule has 2 fully saturated rings. The van der Waals surface area contributed by atoms with Crippen molar-refractivity contribution in [2.45, 2.75) is 33.6 Å². The summed E-state index contributed by atoms with van der Waals surface area (Å²) in [5, 5.41) is 6.23. The molecule has 5 nitrogen and oxygen atoms in total. The van der Waals surface area contributed by atoms with Crippen molar-refractivity contribution in [1.82, 2.24) is 10.2 Å². The number of piperidine rings is 1. The van der Waals surface area contributed by atoms with Gasteiger partial charge in [0.05, 0.1) is 5.92 Å². The number of hydrogen-bond donors (Lipinski definition) is 2. The molecule has 25 heavy (non-hydrogen) atoms. The van der Waals surface area contributed by atoms with Gasteiger partial charge < -0.3 is 15.5 Å². The summed E-state index contributed by atoms with van der Waals surface area (Å²) >= 11 is 0. The third-order valence-electron chi connectivity index (χ3n) is 5.33. The van der Waals surface area contributed by atoms with Gasteiger partial charge in [-0.05, 0) is 55.8 Å². The molecular weight excluding hydrogens is 314 g/mol. The van der Waals surface area contributed by atoms with Crippen LogP contribution in [0.3, 0.4) is 0 Å². The number of benzene rings is 1. The van der Waals surface area contributed by atoms with E-state index < -0.39 is 0 Å². The molecule has 0 aromatic heterocycles. The van der Waals surface area contributed by atoms with Crippen LogP contribution in [0, 0.1) is 24.7 Å². The standard InChI is InChI=1S/C20H29N3O2/c1-13-8-14(2)12-23(11-13)20(25)16-5-4-15(3)18(9-16)22-19(24)17-6-7-21-10-17/h4-5,9,13-14,17,21H,6-8,10-12H2,1-3H3,(H,22,24)/t13-,14-,17-/m1/s1. The van der Waals surface area contributed by atoms with Crippen LogP contribution in [0.1, 0.15) is 42.6 Å². The maximum absolute atomic E-state index is 12.9. The van der Waals surface area contributed by atoms with Crippen molar-refractivity contribution in [2.24, 2.45) is 17.8 Å². The van der Waals surface area contributed by atoms with Crippen molar-refractivity contribution in [2.75, 3.05) is 31.5 Å². The highest BCUT2D eigenvalue weighted by molar-refractivity contribution is 5.98. The fourth-order valence-electron chi connectivity index (χ4n) is 4.01. The van der Waals surface area contributed by atoms with Crippen molar-refractivity contribution in [3.05, 3.63) is 29.3 Å². The molecule has 0 spiro atoms. The SMILES string of the molecule is Cc1ccc(C(=O)N2C[C@H](C)C[C@@H](C)C2)cc1NC(=O)[C@@H]1CCNC1. The van der Waals surface area contributed by atoms with Crippen LogP contribution in [0.4, 0.5) is 5.69 Å². The second-order valence-corrected chi connectivity index (χ2v) is 7.86. The van der Waals surface area contributed by atoms with E-state index in [0.29, 0.717) is 17.4 Å². The van der Waals surface area contributed by atoms with Crippen molar-refractivity contribution < 1.29 is 9.59 Å². The second kappa shape index (κ2) is 7.56. The molecule has 1 aromatic carbocycles. The highest BCUT2D eigenvalue weighted by atomic mass is 16.2. The van der Waals surface area contributed by atoms with E-state index in [4.69, 9.17) is 0 Å². The molecule has 2 amide bonds. The van der Waals surface area contributed by atoms with E-state index in [0.717, 1.165) is 43.9 Å². The summed E-state index contributed by atoms with van der Waals surface area (Å²) in [7, 11) is 0. The van der Waals surface area contributed by atoms with Crippen molar-refractivity contribution in [3.63, 3.8) is 0 Å². The van der Waals surface area contributed by atoms with Gasteiger partial charge in [0.15, 0.2) is 0 Å². The largest absolute Gasteiger partial charge is 0.338 e. The van der Waals surface area contributed by atoms with Gasteiger partial charge in [-0.1, -0.05) is 19.9 Å². The number of hydrogen-bond acceptors (Lipinski definition) is 3. The fourth-order valence-corrected chi connectivity index (χ4v) is 4.01. The minimum absolute atomic E-state index is 0.0163. The van der Waals surface area contributed by atoms with Gasteiger partial charge >= 0.3 is 0 Å². The van der Waals surface area contributed by atoms with Crippen LogP contribution in [-0.2, 0) is 4.79 Å². The first-order chi connectivity index (χ1) is 11.9. The van der Waals surface area contributed by atoms with E-state index >= 15 is 0 Å². The topological polar surface area (TPSA) is 61.4 Å². The lowest BCUT2D eigenvalue weighted by atomic mass is 9.91. The first-order valence-electron chi connectivity index (χ1n) is 9.35. The monoisotopic (exact) mass is 343 g/mol. The summed E-state index contributed by atoms with van der Waals surface area (Å²) in [6.45, 7) is 9.60. The summed E-state index contributed by atoms with van der Waals surface area (Å²) in [5.41, 5.74) is 2.39. The molecule has 0 unspecified atom stereocenters.